The second-order valence-corrected chi connectivity index (χ2v) is 15.9. The molecular weight excluding hydrogens is 684 g/mol. The van der Waals surface area contributed by atoms with Crippen molar-refractivity contribution in [1.82, 2.24) is 0 Å². The summed E-state index contributed by atoms with van der Waals surface area (Å²) in [5.41, 5.74) is 0. The molecule has 1 aliphatic heterocycles. The molecule has 6 unspecified atom stereocenters. The Balaban J connectivity index is 2.24. The summed E-state index contributed by atoms with van der Waals surface area (Å²) in [6.07, 6.45) is 33.8. The van der Waals surface area contributed by atoms with Crippen molar-refractivity contribution in [3.05, 3.63) is 12.2 Å². The SMILES string of the molecule is CCCCC/C=C\CCCCCCCCOCC(COC1OC(CO)C(O)C(O)C1O)OC(=O)CCCCCCCCCCCCCCCCCCCC. The molecular formula is C45H86O9. The molecule has 0 amide bonds. The minimum Gasteiger partial charge on any atom is -0.457 e. The zero-order valence-electron chi connectivity index (χ0n) is 35.0. The predicted octanol–water partition coefficient (Wildman–Crippen LogP) is 10.0. The quantitative estimate of drug-likeness (QED) is 0.0274. The van der Waals surface area contributed by atoms with Gasteiger partial charge in [-0.05, 0) is 38.5 Å². The van der Waals surface area contributed by atoms with Crippen LogP contribution in [0.4, 0.5) is 0 Å². The fourth-order valence-electron chi connectivity index (χ4n) is 7.08. The number of allylic oxidation sites excluding steroid dienone is 2. The Kier molecular flexibility index (Phi) is 35.4. The topological polar surface area (TPSA) is 135 Å². The smallest absolute Gasteiger partial charge is 0.306 e. The average molecular weight is 771 g/mol. The van der Waals surface area contributed by atoms with Crippen LogP contribution >= 0.6 is 0 Å². The molecule has 0 spiro atoms. The Bertz CT molecular complexity index is 838. The summed E-state index contributed by atoms with van der Waals surface area (Å²) in [5, 5.41) is 40.1. The molecule has 1 aliphatic rings. The fourth-order valence-corrected chi connectivity index (χ4v) is 7.08. The van der Waals surface area contributed by atoms with Crippen LogP contribution in [0.5, 0.6) is 0 Å². The number of ether oxygens (including phenoxy) is 4. The predicted molar refractivity (Wildman–Crippen MR) is 219 cm³/mol. The highest BCUT2D eigenvalue weighted by molar-refractivity contribution is 5.69. The van der Waals surface area contributed by atoms with Crippen molar-refractivity contribution >= 4 is 5.97 Å². The van der Waals surface area contributed by atoms with Crippen LogP contribution in [0.25, 0.3) is 0 Å². The van der Waals surface area contributed by atoms with Gasteiger partial charge in [-0.1, -0.05) is 174 Å². The molecule has 0 aromatic carbocycles. The molecule has 4 N–H and O–H groups in total. The zero-order chi connectivity index (χ0) is 39.3. The first-order chi connectivity index (χ1) is 26.4. The Hall–Kier alpha value is -1.07. The molecule has 0 saturated carbocycles. The van der Waals surface area contributed by atoms with Gasteiger partial charge < -0.3 is 39.4 Å². The first-order valence-electron chi connectivity index (χ1n) is 22.8. The largest absolute Gasteiger partial charge is 0.457 e. The van der Waals surface area contributed by atoms with E-state index in [-0.39, 0.29) is 19.2 Å². The average Bonchev–Trinajstić information content (AvgIpc) is 3.17. The molecule has 1 heterocycles. The van der Waals surface area contributed by atoms with Crippen LogP contribution in [-0.4, -0.2) is 89.6 Å². The fraction of sp³-hybridized carbons (Fsp3) is 0.933. The first-order valence-corrected chi connectivity index (χ1v) is 22.8. The van der Waals surface area contributed by atoms with Gasteiger partial charge >= 0.3 is 5.97 Å². The van der Waals surface area contributed by atoms with Gasteiger partial charge in [-0.15, -0.1) is 0 Å². The highest BCUT2D eigenvalue weighted by atomic mass is 16.7. The number of esters is 1. The number of unbranched alkanes of at least 4 members (excludes halogenated alkanes) is 26. The number of aliphatic hydroxyl groups is 4. The summed E-state index contributed by atoms with van der Waals surface area (Å²) < 4.78 is 22.8. The Morgan fingerprint density at radius 2 is 1.02 bits per heavy atom. The van der Waals surface area contributed by atoms with Crippen molar-refractivity contribution in [2.24, 2.45) is 0 Å². The number of aliphatic hydroxyl groups excluding tert-OH is 4. The normalized spacial score (nSPS) is 20.9. The molecule has 6 atom stereocenters. The highest BCUT2D eigenvalue weighted by Crippen LogP contribution is 2.23. The van der Waals surface area contributed by atoms with Gasteiger partial charge in [0.15, 0.2) is 6.29 Å². The van der Waals surface area contributed by atoms with Crippen molar-refractivity contribution < 1.29 is 44.2 Å². The van der Waals surface area contributed by atoms with Crippen LogP contribution in [0.15, 0.2) is 12.2 Å². The molecule has 0 bridgehead atoms. The van der Waals surface area contributed by atoms with E-state index in [4.69, 9.17) is 18.9 Å². The summed E-state index contributed by atoms with van der Waals surface area (Å²) in [4.78, 5) is 12.8. The van der Waals surface area contributed by atoms with Crippen LogP contribution in [0, 0.1) is 0 Å². The molecule has 0 aromatic heterocycles. The minimum atomic E-state index is -1.53. The van der Waals surface area contributed by atoms with E-state index in [1.54, 1.807) is 0 Å². The van der Waals surface area contributed by atoms with E-state index in [1.807, 2.05) is 0 Å². The van der Waals surface area contributed by atoms with Crippen molar-refractivity contribution in [2.75, 3.05) is 26.4 Å². The van der Waals surface area contributed by atoms with Crippen molar-refractivity contribution in [1.29, 1.82) is 0 Å². The second-order valence-electron chi connectivity index (χ2n) is 15.9. The molecule has 0 radical (unpaired) electrons. The Morgan fingerprint density at radius 3 is 1.54 bits per heavy atom. The standard InChI is InChI=1S/C45H86O9/c1-3-5-7-9-11-13-15-17-18-19-20-21-22-24-26-28-30-32-34-41(47)53-39(38-52-45-44(50)43(49)42(48)40(36-46)54-45)37-51-35-33-31-29-27-25-23-16-14-12-10-8-6-4-2/h12,14,39-40,42-46,48-50H,3-11,13,15-38H2,1-2H3/b14-12-. The highest BCUT2D eigenvalue weighted by Gasteiger charge is 2.44. The Morgan fingerprint density at radius 1 is 0.574 bits per heavy atom. The summed E-state index contributed by atoms with van der Waals surface area (Å²) in [6, 6.07) is 0. The molecule has 9 heteroatoms. The van der Waals surface area contributed by atoms with E-state index in [0.29, 0.717) is 13.0 Å². The van der Waals surface area contributed by atoms with Gasteiger partial charge in [0.05, 0.1) is 19.8 Å². The lowest BCUT2D eigenvalue weighted by atomic mass is 9.99. The van der Waals surface area contributed by atoms with Crippen molar-refractivity contribution in [2.45, 2.75) is 243 Å². The maximum atomic E-state index is 12.8. The summed E-state index contributed by atoms with van der Waals surface area (Å²) >= 11 is 0. The number of carbonyl (C=O) groups excluding carboxylic acids is 1. The van der Waals surface area contributed by atoms with E-state index >= 15 is 0 Å². The molecule has 0 aliphatic carbocycles. The number of carbonyl (C=O) groups is 1. The van der Waals surface area contributed by atoms with Gasteiger partial charge in [0, 0.05) is 13.0 Å². The van der Waals surface area contributed by atoms with Gasteiger partial charge in [0.1, 0.15) is 30.5 Å². The number of hydrogen-bond donors (Lipinski definition) is 4. The van der Waals surface area contributed by atoms with Crippen LogP contribution < -0.4 is 0 Å². The minimum absolute atomic E-state index is 0.111. The second kappa shape index (κ2) is 37.5. The van der Waals surface area contributed by atoms with E-state index in [2.05, 4.69) is 26.0 Å². The third-order valence-electron chi connectivity index (χ3n) is 10.7. The number of rotatable bonds is 39. The van der Waals surface area contributed by atoms with Gasteiger partial charge in [0.25, 0.3) is 0 Å². The van der Waals surface area contributed by atoms with Crippen LogP contribution in [0.3, 0.4) is 0 Å². The van der Waals surface area contributed by atoms with Gasteiger partial charge in [-0.3, -0.25) is 4.79 Å². The lowest BCUT2D eigenvalue weighted by molar-refractivity contribution is -0.305. The lowest BCUT2D eigenvalue weighted by Crippen LogP contribution is -2.59. The van der Waals surface area contributed by atoms with Crippen LogP contribution in [0.1, 0.15) is 206 Å². The van der Waals surface area contributed by atoms with E-state index in [0.717, 1.165) is 32.1 Å². The van der Waals surface area contributed by atoms with E-state index < -0.39 is 43.4 Å². The van der Waals surface area contributed by atoms with Gasteiger partial charge in [-0.25, -0.2) is 0 Å². The zero-order valence-corrected chi connectivity index (χ0v) is 35.0. The Labute approximate surface area is 331 Å². The van der Waals surface area contributed by atoms with Crippen LogP contribution in [-0.2, 0) is 23.7 Å². The summed E-state index contributed by atoms with van der Waals surface area (Å²) in [6.45, 7) is 4.55. The molecule has 54 heavy (non-hydrogen) atoms. The van der Waals surface area contributed by atoms with E-state index in [9.17, 15) is 25.2 Å². The summed E-state index contributed by atoms with van der Waals surface area (Å²) in [5.74, 6) is -0.312. The molecule has 1 saturated heterocycles. The first kappa shape index (κ1) is 50.9. The number of hydrogen-bond acceptors (Lipinski definition) is 9. The molecule has 320 valence electrons. The van der Waals surface area contributed by atoms with Crippen molar-refractivity contribution in [3.63, 3.8) is 0 Å². The maximum absolute atomic E-state index is 12.8. The third kappa shape index (κ3) is 28.3. The molecule has 1 fully saturated rings. The monoisotopic (exact) mass is 771 g/mol. The van der Waals surface area contributed by atoms with Gasteiger partial charge in [0.2, 0.25) is 0 Å². The lowest BCUT2D eigenvalue weighted by Gasteiger charge is -2.39. The molecule has 0 aromatic rings. The maximum Gasteiger partial charge on any atom is 0.306 e. The van der Waals surface area contributed by atoms with E-state index in [1.165, 1.54) is 154 Å². The summed E-state index contributed by atoms with van der Waals surface area (Å²) in [7, 11) is 0. The third-order valence-corrected chi connectivity index (χ3v) is 10.7. The van der Waals surface area contributed by atoms with Crippen molar-refractivity contribution in [3.8, 4) is 0 Å². The molecule has 1 rings (SSSR count). The van der Waals surface area contributed by atoms with Gasteiger partial charge in [-0.2, -0.15) is 0 Å². The van der Waals surface area contributed by atoms with Crippen LogP contribution in [0.2, 0.25) is 0 Å². The molecule has 9 nitrogen and oxygen atoms in total.